The number of benzene rings is 1. The number of carbonyl (C=O) groups is 1. The molecule has 1 aromatic carbocycles. The summed E-state index contributed by atoms with van der Waals surface area (Å²) >= 11 is 0. The maximum Gasteiger partial charge on any atom is 0.258 e. The van der Waals surface area contributed by atoms with Crippen LogP contribution in [-0.2, 0) is 0 Å². The van der Waals surface area contributed by atoms with E-state index in [0.717, 1.165) is 0 Å². The number of rotatable bonds is 6. The molecule has 0 aliphatic carbocycles. The third-order valence-corrected chi connectivity index (χ3v) is 2.70. The van der Waals surface area contributed by atoms with Crippen LogP contribution in [0.4, 0.5) is 0 Å². The van der Waals surface area contributed by atoms with E-state index in [9.17, 15) is 9.90 Å². The molecule has 1 rings (SSSR count). The molecular formula is C13H19N3O4. The van der Waals surface area contributed by atoms with Gasteiger partial charge in [0.05, 0.1) is 19.2 Å². The van der Waals surface area contributed by atoms with Crippen molar-refractivity contribution < 1.29 is 19.8 Å². The molecule has 0 heterocycles. The van der Waals surface area contributed by atoms with Crippen LogP contribution in [0.15, 0.2) is 23.4 Å². The van der Waals surface area contributed by atoms with E-state index in [1.807, 2.05) is 6.92 Å². The average Bonchev–Trinajstić information content (AvgIpc) is 2.45. The number of oxime groups is 1. The number of carbonyl (C=O) groups excluding carboxylic acids is 1. The van der Waals surface area contributed by atoms with E-state index in [2.05, 4.69) is 5.16 Å². The van der Waals surface area contributed by atoms with Crippen LogP contribution in [0.2, 0.25) is 0 Å². The van der Waals surface area contributed by atoms with E-state index < -0.39 is 5.91 Å². The van der Waals surface area contributed by atoms with Crippen molar-refractivity contribution in [3.63, 3.8) is 0 Å². The molecule has 0 spiro atoms. The Labute approximate surface area is 117 Å². The van der Waals surface area contributed by atoms with Crippen LogP contribution >= 0.6 is 0 Å². The molecule has 7 heteroatoms. The molecule has 1 amide bonds. The van der Waals surface area contributed by atoms with Crippen molar-refractivity contribution in [2.45, 2.75) is 13.3 Å². The van der Waals surface area contributed by atoms with Gasteiger partial charge >= 0.3 is 0 Å². The fourth-order valence-corrected chi connectivity index (χ4v) is 1.74. The number of nitrogens with two attached hydrogens (primary N) is 1. The quantitative estimate of drug-likeness (QED) is 0.312. The van der Waals surface area contributed by atoms with Gasteiger partial charge in [-0.3, -0.25) is 4.79 Å². The minimum atomic E-state index is -0.390. The van der Waals surface area contributed by atoms with Crippen LogP contribution in [0, 0.1) is 0 Å². The second kappa shape index (κ2) is 7.22. The van der Waals surface area contributed by atoms with E-state index in [4.69, 9.17) is 15.7 Å². The molecule has 110 valence electrons. The van der Waals surface area contributed by atoms with Gasteiger partial charge in [0.25, 0.3) is 5.91 Å². The molecule has 7 nitrogen and oxygen atoms in total. The van der Waals surface area contributed by atoms with Gasteiger partial charge in [-0.1, -0.05) is 12.1 Å². The second-order valence-electron chi connectivity index (χ2n) is 4.20. The second-order valence-corrected chi connectivity index (χ2v) is 4.20. The summed E-state index contributed by atoms with van der Waals surface area (Å²) in [5.41, 5.74) is 5.57. The molecule has 0 unspecified atom stereocenters. The van der Waals surface area contributed by atoms with E-state index in [-0.39, 0.29) is 23.7 Å². The maximum atomic E-state index is 12.3. The summed E-state index contributed by atoms with van der Waals surface area (Å²) in [5.74, 6) is -0.175. The first-order chi connectivity index (χ1) is 9.53. The topological polar surface area (TPSA) is 108 Å². The minimum absolute atomic E-state index is 0.00531. The largest absolute Gasteiger partial charge is 0.507 e. The summed E-state index contributed by atoms with van der Waals surface area (Å²) in [7, 11) is 1.47. The lowest BCUT2D eigenvalue weighted by molar-refractivity contribution is 0.0775. The van der Waals surface area contributed by atoms with E-state index >= 15 is 0 Å². The summed E-state index contributed by atoms with van der Waals surface area (Å²) in [6, 6.07) is 4.42. The van der Waals surface area contributed by atoms with Gasteiger partial charge < -0.3 is 25.7 Å². The van der Waals surface area contributed by atoms with E-state index in [1.165, 1.54) is 24.1 Å². The first-order valence-electron chi connectivity index (χ1n) is 6.16. The number of phenols is 1. The molecular weight excluding hydrogens is 262 g/mol. The number of hydrogen-bond acceptors (Lipinski definition) is 5. The van der Waals surface area contributed by atoms with Crippen molar-refractivity contribution in [1.82, 2.24) is 4.90 Å². The predicted octanol–water partition coefficient (Wildman–Crippen LogP) is 0.999. The smallest absolute Gasteiger partial charge is 0.258 e. The molecule has 0 saturated heterocycles. The van der Waals surface area contributed by atoms with E-state index in [1.54, 1.807) is 6.07 Å². The highest BCUT2D eigenvalue weighted by Crippen LogP contribution is 2.24. The fourth-order valence-electron chi connectivity index (χ4n) is 1.74. The Kier molecular flexibility index (Phi) is 5.64. The molecule has 0 saturated carbocycles. The van der Waals surface area contributed by atoms with E-state index in [0.29, 0.717) is 18.7 Å². The number of ether oxygens (including phenoxy) is 1. The molecule has 0 aliphatic rings. The lowest BCUT2D eigenvalue weighted by Crippen LogP contribution is -2.39. The van der Waals surface area contributed by atoms with Gasteiger partial charge in [-0.25, -0.2) is 0 Å². The normalized spacial score (nSPS) is 11.2. The lowest BCUT2D eigenvalue weighted by Gasteiger charge is -2.21. The van der Waals surface area contributed by atoms with Crippen LogP contribution < -0.4 is 10.5 Å². The summed E-state index contributed by atoms with van der Waals surface area (Å²) in [6.07, 6.45) is 0.710. The third kappa shape index (κ3) is 3.78. The maximum absolute atomic E-state index is 12.3. The van der Waals surface area contributed by atoms with Gasteiger partial charge in [-0.05, 0) is 18.6 Å². The molecule has 0 aliphatic heterocycles. The van der Waals surface area contributed by atoms with Crippen molar-refractivity contribution in [3.05, 3.63) is 23.8 Å². The standard InChI is InChI=1S/C13H19N3O4/c1-3-6-16(8-12(14)15-19)13(18)10-5-4-9(20-2)7-11(10)17/h4-5,7,17,19H,3,6,8H2,1-2H3,(H2,14,15). The Morgan fingerprint density at radius 2 is 2.20 bits per heavy atom. The van der Waals surface area contributed by atoms with Crippen molar-refractivity contribution in [3.8, 4) is 11.5 Å². The Hall–Kier alpha value is -2.44. The lowest BCUT2D eigenvalue weighted by atomic mass is 10.1. The SMILES string of the molecule is CCCN(CC(N)=NO)C(=O)c1ccc(OC)cc1O. The molecule has 0 aromatic heterocycles. The van der Waals surface area contributed by atoms with Crippen molar-refractivity contribution in [1.29, 1.82) is 0 Å². The van der Waals surface area contributed by atoms with Gasteiger partial charge in [-0.15, -0.1) is 0 Å². The number of hydrogen-bond donors (Lipinski definition) is 3. The summed E-state index contributed by atoms with van der Waals surface area (Å²) in [6.45, 7) is 2.33. The molecule has 20 heavy (non-hydrogen) atoms. The van der Waals surface area contributed by atoms with Crippen LogP contribution in [0.5, 0.6) is 11.5 Å². The van der Waals surface area contributed by atoms with Crippen molar-refractivity contribution >= 4 is 11.7 Å². The zero-order valence-electron chi connectivity index (χ0n) is 11.5. The first kappa shape index (κ1) is 15.6. The highest BCUT2D eigenvalue weighted by atomic mass is 16.5. The van der Waals surface area contributed by atoms with Crippen LogP contribution in [-0.4, -0.2) is 47.2 Å². The van der Waals surface area contributed by atoms with Crippen LogP contribution in [0.25, 0.3) is 0 Å². The number of phenolic OH excluding ortho intramolecular Hbond substituents is 1. The van der Waals surface area contributed by atoms with Gasteiger partial charge in [0, 0.05) is 12.6 Å². The van der Waals surface area contributed by atoms with Gasteiger partial charge in [0.1, 0.15) is 11.5 Å². The number of nitrogens with zero attached hydrogens (tertiary/aromatic N) is 2. The Morgan fingerprint density at radius 1 is 1.50 bits per heavy atom. The Morgan fingerprint density at radius 3 is 2.70 bits per heavy atom. The highest BCUT2D eigenvalue weighted by Gasteiger charge is 2.19. The number of aromatic hydroxyl groups is 1. The van der Waals surface area contributed by atoms with Crippen molar-refractivity contribution in [2.75, 3.05) is 20.2 Å². The van der Waals surface area contributed by atoms with Crippen molar-refractivity contribution in [2.24, 2.45) is 10.9 Å². The van der Waals surface area contributed by atoms with Crippen LogP contribution in [0.1, 0.15) is 23.7 Å². The van der Waals surface area contributed by atoms with Crippen LogP contribution in [0.3, 0.4) is 0 Å². The monoisotopic (exact) mass is 281 g/mol. The summed E-state index contributed by atoms with van der Waals surface area (Å²) in [5, 5.41) is 21.3. The molecule has 1 aromatic rings. The highest BCUT2D eigenvalue weighted by molar-refractivity contribution is 5.99. The van der Waals surface area contributed by atoms with Gasteiger partial charge in [0.15, 0.2) is 5.84 Å². The molecule has 0 radical (unpaired) electrons. The molecule has 0 fully saturated rings. The Balaban J connectivity index is 2.99. The first-order valence-corrected chi connectivity index (χ1v) is 6.16. The van der Waals surface area contributed by atoms with Gasteiger partial charge in [0.2, 0.25) is 0 Å². The zero-order chi connectivity index (χ0) is 15.1. The number of methoxy groups -OCH3 is 1. The molecule has 0 atom stereocenters. The van der Waals surface area contributed by atoms with Gasteiger partial charge in [-0.2, -0.15) is 0 Å². The molecule has 4 N–H and O–H groups in total. The summed E-state index contributed by atoms with van der Waals surface area (Å²) in [4.78, 5) is 13.7. The number of amidine groups is 1. The summed E-state index contributed by atoms with van der Waals surface area (Å²) < 4.78 is 4.96. The minimum Gasteiger partial charge on any atom is -0.507 e. The third-order valence-electron chi connectivity index (χ3n) is 2.70. The Bertz CT molecular complexity index is 502. The predicted molar refractivity (Wildman–Crippen MR) is 74.3 cm³/mol. The number of amides is 1. The molecule has 0 bridgehead atoms. The fraction of sp³-hybridized carbons (Fsp3) is 0.385. The zero-order valence-corrected chi connectivity index (χ0v) is 11.5. The average molecular weight is 281 g/mol.